The summed E-state index contributed by atoms with van der Waals surface area (Å²) in [6.45, 7) is 2.40. The van der Waals surface area contributed by atoms with Crippen LogP contribution in [0.4, 0.5) is 8.78 Å². The molecule has 7 heteroatoms. The van der Waals surface area contributed by atoms with Gasteiger partial charge in [0.1, 0.15) is 5.75 Å². The molecule has 118 valence electrons. The first-order valence-corrected chi connectivity index (χ1v) is 7.25. The minimum absolute atomic E-state index is 0.00295. The third-order valence-corrected chi connectivity index (χ3v) is 3.80. The van der Waals surface area contributed by atoms with Crippen molar-refractivity contribution in [3.63, 3.8) is 0 Å². The van der Waals surface area contributed by atoms with Crippen molar-refractivity contribution in [1.82, 2.24) is 9.80 Å². The van der Waals surface area contributed by atoms with Gasteiger partial charge >= 0.3 is 6.61 Å². The molecule has 4 nitrogen and oxygen atoms in total. The Balaban J connectivity index is 1.88. The van der Waals surface area contributed by atoms with Gasteiger partial charge in [-0.2, -0.15) is 8.78 Å². The van der Waals surface area contributed by atoms with E-state index in [0.717, 1.165) is 38.3 Å². The monoisotopic (exact) mass is 320 g/mol. The number of benzene rings is 1. The Labute approximate surface area is 127 Å². The zero-order valence-electron chi connectivity index (χ0n) is 11.6. The maximum absolute atomic E-state index is 12.2. The van der Waals surface area contributed by atoms with Gasteiger partial charge in [-0.05, 0) is 17.7 Å². The molecule has 1 aromatic carbocycles. The quantitative estimate of drug-likeness (QED) is 0.870. The third-order valence-electron chi connectivity index (χ3n) is 3.50. The maximum Gasteiger partial charge on any atom is 0.387 e. The molecule has 0 aliphatic carbocycles. The highest BCUT2D eigenvalue weighted by Gasteiger charge is 2.17. The molecule has 1 aliphatic rings. The number of alkyl halides is 2. The molecule has 0 bridgehead atoms. The molecule has 1 aromatic rings. The first kappa shape index (κ1) is 16.4. The van der Waals surface area contributed by atoms with E-state index in [-0.39, 0.29) is 17.4 Å². The standard InChI is InChI=1S/C14H19ClF2N2O2/c15-12-9-11(1-2-13(12)21-14(16)17)10-19-5-3-18(4-6-19)7-8-20/h1-2,9,14,20H,3-8,10H2. The van der Waals surface area contributed by atoms with Crippen molar-refractivity contribution in [2.45, 2.75) is 13.2 Å². The van der Waals surface area contributed by atoms with Crippen LogP contribution >= 0.6 is 11.6 Å². The summed E-state index contributed by atoms with van der Waals surface area (Å²) in [5.74, 6) is 0.00295. The zero-order valence-corrected chi connectivity index (χ0v) is 12.4. The summed E-state index contributed by atoms with van der Waals surface area (Å²) in [5, 5.41) is 9.10. The van der Waals surface area contributed by atoms with Gasteiger partial charge in [0.15, 0.2) is 0 Å². The predicted molar refractivity (Wildman–Crippen MR) is 76.9 cm³/mol. The van der Waals surface area contributed by atoms with Crippen LogP contribution in [-0.4, -0.2) is 60.8 Å². The van der Waals surface area contributed by atoms with Gasteiger partial charge in [-0.15, -0.1) is 0 Å². The summed E-state index contributed by atoms with van der Waals surface area (Å²) in [5.41, 5.74) is 0.970. The lowest BCUT2D eigenvalue weighted by molar-refractivity contribution is -0.0498. The second kappa shape index (κ2) is 7.89. The van der Waals surface area contributed by atoms with Crippen LogP contribution in [0.2, 0.25) is 5.02 Å². The number of β-amino-alcohol motifs (C(OH)–C–C–N with tert-alkyl or cyclic N) is 1. The number of piperazine rings is 1. The van der Waals surface area contributed by atoms with Crippen LogP contribution in [0.25, 0.3) is 0 Å². The summed E-state index contributed by atoms with van der Waals surface area (Å²) >= 11 is 5.94. The normalized spacial score (nSPS) is 17.4. The topological polar surface area (TPSA) is 35.9 Å². The number of aliphatic hydroxyl groups is 1. The SMILES string of the molecule is OCCN1CCN(Cc2ccc(OC(F)F)c(Cl)c2)CC1. The molecule has 21 heavy (non-hydrogen) atoms. The summed E-state index contributed by atoms with van der Waals surface area (Å²) in [7, 11) is 0. The Kier molecular flexibility index (Phi) is 6.17. The maximum atomic E-state index is 12.2. The minimum Gasteiger partial charge on any atom is -0.433 e. The van der Waals surface area contributed by atoms with E-state index >= 15 is 0 Å². The molecule has 1 N–H and O–H groups in total. The summed E-state index contributed by atoms with van der Waals surface area (Å²) < 4.78 is 28.6. The molecule has 0 saturated carbocycles. The van der Waals surface area contributed by atoms with E-state index in [4.69, 9.17) is 16.7 Å². The molecule has 0 atom stereocenters. The molecule has 0 aromatic heterocycles. The average Bonchev–Trinajstić information content (AvgIpc) is 2.44. The van der Waals surface area contributed by atoms with Crippen LogP contribution in [0.15, 0.2) is 18.2 Å². The second-order valence-corrected chi connectivity index (χ2v) is 5.39. The second-order valence-electron chi connectivity index (χ2n) is 4.98. The lowest BCUT2D eigenvalue weighted by atomic mass is 10.2. The number of hydrogen-bond donors (Lipinski definition) is 1. The Morgan fingerprint density at radius 2 is 1.86 bits per heavy atom. The van der Waals surface area contributed by atoms with Crippen LogP contribution in [0.1, 0.15) is 5.56 Å². The highest BCUT2D eigenvalue weighted by atomic mass is 35.5. The minimum atomic E-state index is -2.87. The number of aliphatic hydroxyl groups excluding tert-OH is 1. The molecule has 0 spiro atoms. The van der Waals surface area contributed by atoms with Crippen LogP contribution in [0, 0.1) is 0 Å². The molecule has 2 rings (SSSR count). The van der Waals surface area contributed by atoms with Crippen molar-refractivity contribution < 1.29 is 18.6 Å². The number of hydrogen-bond acceptors (Lipinski definition) is 4. The predicted octanol–water partition coefficient (Wildman–Crippen LogP) is 2.05. The van der Waals surface area contributed by atoms with Crippen molar-refractivity contribution in [3.05, 3.63) is 28.8 Å². The molecular weight excluding hydrogens is 302 g/mol. The molecular formula is C14H19ClF2N2O2. The molecule has 1 saturated heterocycles. The molecule has 1 fully saturated rings. The molecule has 0 amide bonds. The van der Waals surface area contributed by atoms with Gasteiger partial charge in [-0.1, -0.05) is 17.7 Å². The number of ether oxygens (including phenoxy) is 1. The van der Waals surface area contributed by atoms with Gasteiger partial charge in [0.2, 0.25) is 0 Å². The van der Waals surface area contributed by atoms with Gasteiger partial charge in [-0.25, -0.2) is 0 Å². The van der Waals surface area contributed by atoms with Crippen LogP contribution in [-0.2, 0) is 6.54 Å². The van der Waals surface area contributed by atoms with Crippen molar-refractivity contribution in [3.8, 4) is 5.75 Å². The number of halogens is 3. The van der Waals surface area contributed by atoms with E-state index in [1.165, 1.54) is 6.07 Å². The highest BCUT2D eigenvalue weighted by Crippen LogP contribution is 2.27. The van der Waals surface area contributed by atoms with Crippen molar-refractivity contribution in [2.24, 2.45) is 0 Å². The van der Waals surface area contributed by atoms with Crippen LogP contribution < -0.4 is 4.74 Å². The molecule has 0 unspecified atom stereocenters. The Hall–Kier alpha value is -0.950. The third kappa shape index (κ3) is 5.07. The summed E-state index contributed by atoms with van der Waals surface area (Å²) in [6.07, 6.45) is 0. The van der Waals surface area contributed by atoms with Gasteiger partial charge in [0.05, 0.1) is 11.6 Å². The summed E-state index contributed by atoms with van der Waals surface area (Å²) in [4.78, 5) is 4.48. The van der Waals surface area contributed by atoms with Crippen molar-refractivity contribution in [2.75, 3.05) is 39.3 Å². The van der Waals surface area contributed by atoms with Gasteiger partial charge in [0.25, 0.3) is 0 Å². The lowest BCUT2D eigenvalue weighted by Gasteiger charge is -2.34. The Morgan fingerprint density at radius 3 is 2.43 bits per heavy atom. The fourth-order valence-corrected chi connectivity index (χ4v) is 2.65. The molecule has 1 heterocycles. The molecule has 1 aliphatic heterocycles. The number of nitrogens with zero attached hydrogens (tertiary/aromatic N) is 2. The van der Waals surface area contributed by atoms with E-state index in [2.05, 4.69) is 14.5 Å². The largest absolute Gasteiger partial charge is 0.433 e. The average molecular weight is 321 g/mol. The van der Waals surface area contributed by atoms with Crippen molar-refractivity contribution >= 4 is 11.6 Å². The smallest absolute Gasteiger partial charge is 0.387 e. The van der Waals surface area contributed by atoms with E-state index in [9.17, 15) is 8.78 Å². The fourth-order valence-electron chi connectivity index (χ4n) is 2.40. The van der Waals surface area contributed by atoms with Crippen LogP contribution in [0.3, 0.4) is 0 Å². The first-order valence-electron chi connectivity index (χ1n) is 6.87. The Bertz CT molecular complexity index is 455. The fraction of sp³-hybridized carbons (Fsp3) is 0.571. The Morgan fingerprint density at radius 1 is 1.19 bits per heavy atom. The highest BCUT2D eigenvalue weighted by molar-refractivity contribution is 6.32. The van der Waals surface area contributed by atoms with Gasteiger partial charge < -0.3 is 9.84 Å². The zero-order chi connectivity index (χ0) is 15.2. The van der Waals surface area contributed by atoms with Crippen molar-refractivity contribution in [1.29, 1.82) is 0 Å². The lowest BCUT2D eigenvalue weighted by Crippen LogP contribution is -2.46. The van der Waals surface area contributed by atoms with Crippen LogP contribution in [0.5, 0.6) is 5.75 Å². The molecule has 0 radical (unpaired) electrons. The van der Waals surface area contributed by atoms with E-state index in [1.54, 1.807) is 12.1 Å². The van der Waals surface area contributed by atoms with E-state index in [0.29, 0.717) is 6.54 Å². The summed E-state index contributed by atoms with van der Waals surface area (Å²) in [6, 6.07) is 4.90. The van der Waals surface area contributed by atoms with E-state index < -0.39 is 6.61 Å². The van der Waals surface area contributed by atoms with Gasteiger partial charge in [0, 0.05) is 39.3 Å². The van der Waals surface area contributed by atoms with Gasteiger partial charge in [-0.3, -0.25) is 9.80 Å². The van der Waals surface area contributed by atoms with E-state index in [1.807, 2.05) is 0 Å². The first-order chi connectivity index (χ1) is 10.1. The number of rotatable bonds is 6.